The molecule has 0 bridgehead atoms. The molecule has 0 amide bonds. The Balaban J connectivity index is 2.13. The van der Waals surface area contributed by atoms with Crippen LogP contribution in [0, 0.1) is 10.8 Å². The molecule has 3 atom stereocenters. The van der Waals surface area contributed by atoms with Gasteiger partial charge in [-0.1, -0.05) is 30.7 Å². The molecule has 0 aliphatic heterocycles. The van der Waals surface area contributed by atoms with E-state index in [9.17, 15) is 4.79 Å². The van der Waals surface area contributed by atoms with E-state index in [0.717, 1.165) is 19.3 Å². The van der Waals surface area contributed by atoms with Crippen molar-refractivity contribution < 1.29 is 9.53 Å². The summed E-state index contributed by atoms with van der Waals surface area (Å²) < 4.78 is 4.86. The molecule has 0 aromatic rings. The van der Waals surface area contributed by atoms with Crippen LogP contribution in [0.2, 0.25) is 0 Å². The zero-order valence-electron chi connectivity index (χ0n) is 8.63. The van der Waals surface area contributed by atoms with Gasteiger partial charge in [0, 0.05) is 10.8 Å². The molecular weight excluding hydrogens is 212 g/mol. The lowest BCUT2D eigenvalue weighted by Crippen LogP contribution is -2.28. The molecule has 0 saturated heterocycles. The fraction of sp³-hybridized carbons (Fsp3) is 0.583. The van der Waals surface area contributed by atoms with E-state index in [1.54, 1.807) is 0 Å². The van der Waals surface area contributed by atoms with Gasteiger partial charge < -0.3 is 4.74 Å². The minimum Gasteiger partial charge on any atom is -0.468 e. The Morgan fingerprint density at radius 1 is 1.27 bits per heavy atom. The fourth-order valence-electron chi connectivity index (χ4n) is 3.78. The van der Waals surface area contributed by atoms with E-state index < -0.39 is 4.87 Å². The first-order chi connectivity index (χ1) is 7.15. The van der Waals surface area contributed by atoms with Gasteiger partial charge in [0.25, 0.3) is 0 Å². The van der Waals surface area contributed by atoms with Gasteiger partial charge in [-0.15, -0.1) is 11.6 Å². The first kappa shape index (κ1) is 9.46. The summed E-state index contributed by atoms with van der Waals surface area (Å²) in [6, 6.07) is 0. The van der Waals surface area contributed by atoms with Crippen molar-refractivity contribution in [2.24, 2.45) is 10.8 Å². The molecule has 1 unspecified atom stereocenters. The van der Waals surface area contributed by atoms with Gasteiger partial charge in [0.2, 0.25) is 0 Å². The molecule has 3 aliphatic rings. The second-order valence-corrected chi connectivity index (χ2v) is 5.23. The van der Waals surface area contributed by atoms with Gasteiger partial charge in [0.1, 0.15) is 0 Å². The van der Waals surface area contributed by atoms with Crippen molar-refractivity contribution in [1.29, 1.82) is 0 Å². The molecule has 2 saturated carbocycles. The highest BCUT2D eigenvalue weighted by Crippen LogP contribution is 2.85. The highest BCUT2D eigenvalue weighted by Gasteiger charge is 2.90. The van der Waals surface area contributed by atoms with E-state index in [1.165, 1.54) is 7.11 Å². The summed E-state index contributed by atoms with van der Waals surface area (Å²) in [5.41, 5.74) is -0.327. The minimum atomic E-state index is -0.837. The second kappa shape index (κ2) is 2.49. The lowest BCUT2D eigenvalue weighted by Gasteiger charge is -2.15. The lowest BCUT2D eigenvalue weighted by atomic mass is 9.92. The maximum Gasteiger partial charge on any atom is 0.328 e. The number of esters is 1. The van der Waals surface area contributed by atoms with Gasteiger partial charge in [-0.3, -0.25) is 4.79 Å². The van der Waals surface area contributed by atoms with Gasteiger partial charge in [-0.25, -0.2) is 0 Å². The highest BCUT2D eigenvalue weighted by molar-refractivity contribution is 6.39. The lowest BCUT2D eigenvalue weighted by molar-refractivity contribution is -0.142. The van der Waals surface area contributed by atoms with Crippen molar-refractivity contribution in [1.82, 2.24) is 0 Å². The van der Waals surface area contributed by atoms with Crippen LogP contribution in [0.15, 0.2) is 24.3 Å². The fourth-order valence-corrected chi connectivity index (χ4v) is 4.46. The van der Waals surface area contributed by atoms with Crippen LogP contribution in [-0.2, 0) is 9.53 Å². The molecule has 15 heavy (non-hydrogen) atoms. The van der Waals surface area contributed by atoms with Crippen molar-refractivity contribution in [3.63, 3.8) is 0 Å². The molecule has 0 aromatic carbocycles. The standard InChI is InChI=1S/C12H13ClO2/c1-15-9(14)12(13)10-5-2-3-6-11(10,12)8-4-7-10/h2-3,5-6H,4,7-8H2,1H3/t10-,11+,12?. The number of ether oxygens (including phenoxy) is 1. The summed E-state index contributed by atoms with van der Waals surface area (Å²) in [5, 5.41) is 0. The summed E-state index contributed by atoms with van der Waals surface area (Å²) in [5.74, 6) is -0.278. The van der Waals surface area contributed by atoms with Crippen LogP contribution < -0.4 is 0 Å². The van der Waals surface area contributed by atoms with Crippen LogP contribution in [0.4, 0.5) is 0 Å². The van der Waals surface area contributed by atoms with Crippen LogP contribution in [0.5, 0.6) is 0 Å². The molecule has 3 rings (SSSR count). The monoisotopic (exact) mass is 224 g/mol. The maximum atomic E-state index is 11.8. The van der Waals surface area contributed by atoms with Crippen molar-refractivity contribution in [2.45, 2.75) is 24.1 Å². The minimum absolute atomic E-state index is 0.163. The number of rotatable bonds is 1. The number of carbonyl (C=O) groups excluding carboxylic acids is 1. The van der Waals surface area contributed by atoms with Crippen LogP contribution in [-0.4, -0.2) is 18.0 Å². The van der Waals surface area contributed by atoms with Crippen molar-refractivity contribution in [2.75, 3.05) is 7.11 Å². The van der Waals surface area contributed by atoms with E-state index >= 15 is 0 Å². The Kier molecular flexibility index (Phi) is 1.57. The Morgan fingerprint density at radius 3 is 2.27 bits per heavy atom. The van der Waals surface area contributed by atoms with E-state index in [0.29, 0.717) is 0 Å². The zero-order valence-corrected chi connectivity index (χ0v) is 9.38. The number of alkyl halides is 1. The maximum absolute atomic E-state index is 11.8. The topological polar surface area (TPSA) is 26.3 Å². The number of hydrogen-bond donors (Lipinski definition) is 0. The summed E-state index contributed by atoms with van der Waals surface area (Å²) in [6.45, 7) is 0. The summed E-state index contributed by atoms with van der Waals surface area (Å²) in [7, 11) is 1.41. The molecule has 3 heteroatoms. The Hall–Kier alpha value is -0.760. The van der Waals surface area contributed by atoms with Gasteiger partial charge in [0.05, 0.1) is 7.11 Å². The van der Waals surface area contributed by atoms with Gasteiger partial charge >= 0.3 is 5.97 Å². The molecule has 0 aromatic heterocycles. The third-order valence-electron chi connectivity index (χ3n) is 4.44. The number of halogens is 1. The predicted octanol–water partition coefficient (Wildman–Crippen LogP) is 2.43. The molecule has 2 fully saturated rings. The first-order valence-electron chi connectivity index (χ1n) is 5.29. The largest absolute Gasteiger partial charge is 0.468 e. The average molecular weight is 225 g/mol. The van der Waals surface area contributed by atoms with Gasteiger partial charge in [0.15, 0.2) is 4.87 Å². The Morgan fingerprint density at radius 2 is 1.80 bits per heavy atom. The van der Waals surface area contributed by atoms with E-state index in [1.807, 2.05) is 12.2 Å². The van der Waals surface area contributed by atoms with Crippen LogP contribution >= 0.6 is 11.6 Å². The number of methoxy groups -OCH3 is 1. The number of hydrogen-bond acceptors (Lipinski definition) is 2. The van der Waals surface area contributed by atoms with Crippen molar-refractivity contribution in [3.05, 3.63) is 24.3 Å². The quantitative estimate of drug-likeness (QED) is 0.505. The normalized spacial score (nSPS) is 49.7. The SMILES string of the molecule is COC(=O)C1(Cl)[C@@]23C=CC=C[C@@]12CCC3. The van der Waals surface area contributed by atoms with Gasteiger partial charge in [-0.05, 0) is 12.8 Å². The second-order valence-electron chi connectivity index (χ2n) is 4.66. The summed E-state index contributed by atoms with van der Waals surface area (Å²) >= 11 is 6.54. The number of allylic oxidation sites excluding steroid dienone is 4. The van der Waals surface area contributed by atoms with Crippen LogP contribution in [0.3, 0.4) is 0 Å². The first-order valence-corrected chi connectivity index (χ1v) is 5.67. The molecule has 0 heterocycles. The van der Waals surface area contributed by atoms with Crippen LogP contribution in [0.1, 0.15) is 19.3 Å². The third-order valence-corrected chi connectivity index (χ3v) is 5.27. The molecule has 0 N–H and O–H groups in total. The Bertz CT molecular complexity index is 372. The zero-order chi connectivity index (χ0) is 10.7. The number of carbonyl (C=O) groups is 1. The van der Waals surface area contributed by atoms with Gasteiger partial charge in [-0.2, -0.15) is 0 Å². The molecule has 0 radical (unpaired) electrons. The predicted molar refractivity (Wildman–Crippen MR) is 57.6 cm³/mol. The molecule has 3 aliphatic carbocycles. The van der Waals surface area contributed by atoms with E-state index in [4.69, 9.17) is 16.3 Å². The molecule has 80 valence electrons. The summed E-state index contributed by atoms with van der Waals surface area (Å²) in [4.78, 5) is 11.0. The smallest absolute Gasteiger partial charge is 0.328 e. The van der Waals surface area contributed by atoms with Crippen LogP contribution in [0.25, 0.3) is 0 Å². The highest BCUT2D eigenvalue weighted by atomic mass is 35.5. The van der Waals surface area contributed by atoms with Crippen molar-refractivity contribution in [3.8, 4) is 0 Å². The van der Waals surface area contributed by atoms with E-state index in [2.05, 4.69) is 12.2 Å². The molecular formula is C12H13ClO2. The van der Waals surface area contributed by atoms with E-state index in [-0.39, 0.29) is 16.8 Å². The summed E-state index contributed by atoms with van der Waals surface area (Å²) in [6.07, 6.45) is 11.3. The average Bonchev–Trinajstić information content (AvgIpc) is 2.61. The molecule has 0 spiro atoms. The molecule has 2 nitrogen and oxygen atoms in total. The Labute approximate surface area is 93.9 Å². The third kappa shape index (κ3) is 0.690. The van der Waals surface area contributed by atoms with Crippen molar-refractivity contribution >= 4 is 17.6 Å².